The van der Waals surface area contributed by atoms with Gasteiger partial charge in [-0.05, 0) is 40.2 Å². The molecule has 0 radical (unpaired) electrons. The second-order valence-corrected chi connectivity index (χ2v) is 9.38. The molecule has 0 heterocycles. The lowest BCUT2D eigenvalue weighted by molar-refractivity contribution is 0.550. The van der Waals surface area contributed by atoms with Crippen molar-refractivity contribution in [2.75, 3.05) is 18.8 Å². The van der Waals surface area contributed by atoms with Gasteiger partial charge in [-0.1, -0.05) is 37.3 Å². The molecule has 0 aliphatic heterocycles. The molecule has 0 fully saturated rings. The number of benzene rings is 1. The topological polar surface area (TPSA) is 53.5 Å². The molecule has 0 aliphatic carbocycles. The number of aliphatic imine (C=N–C) groups is 1. The Morgan fingerprint density at radius 1 is 1.20 bits per heavy atom. The molecule has 4 nitrogen and oxygen atoms in total. The maximum atomic E-state index is 12.1. The van der Waals surface area contributed by atoms with E-state index in [1.807, 2.05) is 26.8 Å². The monoisotopic (exact) mass is 479 g/mol. The van der Waals surface area contributed by atoms with Crippen LogP contribution in [-0.2, 0) is 10.8 Å². The molecule has 0 spiro atoms. The average Bonchev–Trinajstić information content (AvgIpc) is 2.54. The number of nitrogens with zero attached hydrogens (tertiary/aromatic N) is 1. The standard InChI is InChI=1S/C19H33N3OS.HI/c1-7-20-18(21-13-14-24(23)19(4,5)6)22-16(3)15(2)17-11-9-8-10-12-17;/h8-12,15-16H,7,13-14H2,1-6H3,(H2,20,21,22);1H. The van der Waals surface area contributed by atoms with Gasteiger partial charge in [-0.3, -0.25) is 9.20 Å². The first-order chi connectivity index (χ1) is 11.3. The number of rotatable bonds is 7. The third-order valence-electron chi connectivity index (χ3n) is 4.01. The van der Waals surface area contributed by atoms with Gasteiger partial charge in [-0.25, -0.2) is 0 Å². The minimum atomic E-state index is -0.871. The van der Waals surface area contributed by atoms with E-state index in [2.05, 4.69) is 60.7 Å². The second kappa shape index (κ2) is 11.9. The molecular weight excluding hydrogens is 445 g/mol. The summed E-state index contributed by atoms with van der Waals surface area (Å²) in [7, 11) is -0.871. The highest BCUT2D eigenvalue weighted by molar-refractivity contribution is 14.0. The Hall–Kier alpha value is -0.630. The molecule has 6 heteroatoms. The predicted molar refractivity (Wildman–Crippen MR) is 122 cm³/mol. The predicted octanol–water partition coefficient (Wildman–Crippen LogP) is 3.90. The summed E-state index contributed by atoms with van der Waals surface area (Å²) in [6.45, 7) is 13.8. The van der Waals surface area contributed by atoms with Gasteiger partial charge in [0.05, 0.1) is 6.54 Å². The maximum Gasteiger partial charge on any atom is 0.191 e. The van der Waals surface area contributed by atoms with E-state index in [1.54, 1.807) is 0 Å². The molecule has 1 aromatic rings. The zero-order chi connectivity index (χ0) is 18.2. The lowest BCUT2D eigenvalue weighted by atomic mass is 9.94. The van der Waals surface area contributed by atoms with Gasteiger partial charge in [0.2, 0.25) is 0 Å². The van der Waals surface area contributed by atoms with E-state index in [4.69, 9.17) is 0 Å². The summed E-state index contributed by atoms with van der Waals surface area (Å²) in [4.78, 5) is 4.58. The van der Waals surface area contributed by atoms with Crippen molar-refractivity contribution in [1.29, 1.82) is 0 Å². The summed E-state index contributed by atoms with van der Waals surface area (Å²) >= 11 is 0. The van der Waals surface area contributed by atoms with Gasteiger partial charge < -0.3 is 10.6 Å². The van der Waals surface area contributed by atoms with E-state index in [-0.39, 0.29) is 34.8 Å². The fourth-order valence-electron chi connectivity index (χ4n) is 2.25. The molecule has 3 unspecified atom stereocenters. The number of guanidine groups is 1. The Bertz CT molecular complexity index is 543. The van der Waals surface area contributed by atoms with E-state index in [0.717, 1.165) is 12.5 Å². The van der Waals surface area contributed by atoms with Crippen molar-refractivity contribution in [3.63, 3.8) is 0 Å². The van der Waals surface area contributed by atoms with Gasteiger partial charge in [0.15, 0.2) is 5.96 Å². The Labute approximate surface area is 173 Å². The van der Waals surface area contributed by atoms with Gasteiger partial charge in [0.1, 0.15) is 0 Å². The fourth-order valence-corrected chi connectivity index (χ4v) is 3.12. The second-order valence-electron chi connectivity index (χ2n) is 7.06. The van der Waals surface area contributed by atoms with Crippen molar-refractivity contribution < 1.29 is 4.21 Å². The molecule has 0 aliphatic rings. The highest BCUT2D eigenvalue weighted by Gasteiger charge is 2.19. The molecule has 1 aromatic carbocycles. The zero-order valence-corrected chi connectivity index (χ0v) is 19.5. The van der Waals surface area contributed by atoms with Crippen LogP contribution in [0, 0.1) is 0 Å². The van der Waals surface area contributed by atoms with Crippen molar-refractivity contribution in [2.24, 2.45) is 4.99 Å². The SMILES string of the molecule is CCNC(=NCCS(=O)C(C)(C)C)NC(C)C(C)c1ccccc1.I. The highest BCUT2D eigenvalue weighted by Crippen LogP contribution is 2.18. The molecular formula is C19H34IN3OS. The van der Waals surface area contributed by atoms with E-state index < -0.39 is 10.8 Å². The molecule has 144 valence electrons. The van der Waals surface area contributed by atoms with Crippen LogP contribution >= 0.6 is 24.0 Å². The quantitative estimate of drug-likeness (QED) is 0.355. The minimum absolute atomic E-state index is 0. The number of halogens is 1. The van der Waals surface area contributed by atoms with Gasteiger partial charge in [-0.15, -0.1) is 24.0 Å². The molecule has 1 rings (SSSR count). The first-order valence-corrected chi connectivity index (χ1v) is 10.1. The Balaban J connectivity index is 0.00000576. The van der Waals surface area contributed by atoms with Crippen molar-refractivity contribution in [3.05, 3.63) is 35.9 Å². The molecule has 25 heavy (non-hydrogen) atoms. The lowest BCUT2D eigenvalue weighted by Crippen LogP contribution is -2.44. The van der Waals surface area contributed by atoms with Crippen LogP contribution in [0.1, 0.15) is 53.0 Å². The summed E-state index contributed by atoms with van der Waals surface area (Å²) < 4.78 is 11.9. The van der Waals surface area contributed by atoms with Crippen LogP contribution in [-0.4, -0.2) is 39.8 Å². The molecule has 0 bridgehead atoms. The van der Waals surface area contributed by atoms with Crippen LogP contribution < -0.4 is 10.6 Å². The van der Waals surface area contributed by atoms with E-state index in [0.29, 0.717) is 18.2 Å². The lowest BCUT2D eigenvalue weighted by Gasteiger charge is -2.24. The molecule has 3 atom stereocenters. The number of hydrogen-bond acceptors (Lipinski definition) is 2. The Morgan fingerprint density at radius 3 is 2.32 bits per heavy atom. The zero-order valence-electron chi connectivity index (χ0n) is 16.3. The molecule has 2 N–H and O–H groups in total. The smallest absolute Gasteiger partial charge is 0.191 e. The largest absolute Gasteiger partial charge is 0.357 e. The Kier molecular flexibility index (Phi) is 11.6. The summed E-state index contributed by atoms with van der Waals surface area (Å²) in [6, 6.07) is 10.7. The van der Waals surface area contributed by atoms with Gasteiger partial charge in [0, 0.05) is 39.8 Å². The molecule has 0 saturated heterocycles. The summed E-state index contributed by atoms with van der Waals surface area (Å²) in [6.07, 6.45) is 0. The molecule has 0 saturated carbocycles. The van der Waals surface area contributed by atoms with Crippen LogP contribution in [0.3, 0.4) is 0 Å². The van der Waals surface area contributed by atoms with Gasteiger partial charge in [-0.2, -0.15) is 0 Å². The van der Waals surface area contributed by atoms with Crippen LogP contribution in [0.25, 0.3) is 0 Å². The first kappa shape index (κ1) is 24.4. The van der Waals surface area contributed by atoms with E-state index >= 15 is 0 Å². The van der Waals surface area contributed by atoms with Crippen molar-refractivity contribution in [2.45, 2.75) is 58.2 Å². The number of nitrogens with one attached hydrogen (secondary N) is 2. The normalized spacial score (nSPS) is 15.7. The molecule has 0 aromatic heterocycles. The number of hydrogen-bond donors (Lipinski definition) is 2. The van der Waals surface area contributed by atoms with Crippen molar-refractivity contribution in [3.8, 4) is 0 Å². The third kappa shape index (κ3) is 9.03. The average molecular weight is 479 g/mol. The molecule has 0 amide bonds. The van der Waals surface area contributed by atoms with Crippen molar-refractivity contribution >= 4 is 40.7 Å². The summed E-state index contributed by atoms with van der Waals surface area (Å²) in [5.74, 6) is 1.75. The first-order valence-electron chi connectivity index (χ1n) is 8.74. The fraction of sp³-hybridized carbons (Fsp3) is 0.632. The minimum Gasteiger partial charge on any atom is -0.357 e. The van der Waals surface area contributed by atoms with Crippen LogP contribution in [0.15, 0.2) is 35.3 Å². The van der Waals surface area contributed by atoms with Crippen LogP contribution in [0.4, 0.5) is 0 Å². The maximum absolute atomic E-state index is 12.1. The third-order valence-corrected chi connectivity index (χ3v) is 5.93. The van der Waals surface area contributed by atoms with Crippen molar-refractivity contribution in [1.82, 2.24) is 10.6 Å². The van der Waals surface area contributed by atoms with Gasteiger partial charge >= 0.3 is 0 Å². The van der Waals surface area contributed by atoms with E-state index in [1.165, 1.54) is 5.56 Å². The van der Waals surface area contributed by atoms with Crippen LogP contribution in [0.5, 0.6) is 0 Å². The highest BCUT2D eigenvalue weighted by atomic mass is 127. The van der Waals surface area contributed by atoms with Crippen LogP contribution in [0.2, 0.25) is 0 Å². The van der Waals surface area contributed by atoms with Gasteiger partial charge in [0.25, 0.3) is 0 Å². The summed E-state index contributed by atoms with van der Waals surface area (Å²) in [5, 5.41) is 6.74. The Morgan fingerprint density at radius 2 is 1.80 bits per heavy atom. The van der Waals surface area contributed by atoms with E-state index in [9.17, 15) is 4.21 Å². The summed E-state index contributed by atoms with van der Waals surface area (Å²) in [5.41, 5.74) is 1.31.